The van der Waals surface area contributed by atoms with Crippen LogP contribution in [-0.2, 0) is 0 Å². The van der Waals surface area contributed by atoms with Crippen LogP contribution < -0.4 is 10.1 Å². The SMILES string of the molecule is CCN1CCCC(Oc2ccc(C(C)NCCN(C)C)cc2)C1. The number of ether oxygens (including phenoxy) is 1. The second-order valence-electron chi connectivity index (χ2n) is 6.82. The normalized spacial score (nSPS) is 20.7. The van der Waals surface area contributed by atoms with Gasteiger partial charge < -0.3 is 15.0 Å². The minimum Gasteiger partial charge on any atom is -0.489 e. The van der Waals surface area contributed by atoms with Crippen molar-refractivity contribution in [2.45, 2.75) is 38.8 Å². The lowest BCUT2D eigenvalue weighted by Gasteiger charge is -2.32. The van der Waals surface area contributed by atoms with E-state index in [-0.39, 0.29) is 0 Å². The van der Waals surface area contributed by atoms with Crippen LogP contribution in [0.3, 0.4) is 0 Å². The highest BCUT2D eigenvalue weighted by Gasteiger charge is 2.20. The van der Waals surface area contributed by atoms with E-state index in [9.17, 15) is 0 Å². The Balaban J connectivity index is 1.81. The monoisotopic (exact) mass is 319 g/mol. The smallest absolute Gasteiger partial charge is 0.119 e. The maximum absolute atomic E-state index is 6.17. The molecule has 1 aliphatic rings. The van der Waals surface area contributed by atoms with Crippen LogP contribution in [0.15, 0.2) is 24.3 Å². The Bertz CT molecular complexity index is 446. The zero-order valence-corrected chi connectivity index (χ0v) is 15.2. The molecule has 1 N–H and O–H groups in total. The highest BCUT2D eigenvalue weighted by molar-refractivity contribution is 5.29. The fourth-order valence-electron chi connectivity index (χ4n) is 3.05. The van der Waals surface area contributed by atoms with Gasteiger partial charge in [0.15, 0.2) is 0 Å². The molecule has 0 radical (unpaired) electrons. The van der Waals surface area contributed by atoms with Crippen molar-refractivity contribution in [3.63, 3.8) is 0 Å². The molecule has 0 amide bonds. The zero-order chi connectivity index (χ0) is 16.7. The van der Waals surface area contributed by atoms with Crippen LogP contribution in [0, 0.1) is 0 Å². The number of likely N-dealkylation sites (tertiary alicyclic amines) is 1. The minimum absolute atomic E-state index is 0.338. The Kier molecular flexibility index (Phi) is 7.34. The highest BCUT2D eigenvalue weighted by atomic mass is 16.5. The van der Waals surface area contributed by atoms with Crippen molar-refractivity contribution >= 4 is 0 Å². The summed E-state index contributed by atoms with van der Waals surface area (Å²) in [7, 11) is 4.20. The molecule has 23 heavy (non-hydrogen) atoms. The van der Waals surface area contributed by atoms with Gasteiger partial charge in [0.25, 0.3) is 0 Å². The first-order valence-corrected chi connectivity index (χ1v) is 8.95. The van der Waals surface area contributed by atoms with E-state index in [4.69, 9.17) is 4.74 Å². The van der Waals surface area contributed by atoms with Crippen molar-refractivity contribution in [3.05, 3.63) is 29.8 Å². The number of likely N-dealkylation sites (N-methyl/N-ethyl adjacent to an activating group) is 2. The van der Waals surface area contributed by atoms with Crippen LogP contribution in [0.1, 0.15) is 38.3 Å². The molecule has 1 aliphatic heterocycles. The molecule has 2 atom stereocenters. The van der Waals surface area contributed by atoms with Gasteiger partial charge >= 0.3 is 0 Å². The van der Waals surface area contributed by atoms with Gasteiger partial charge in [-0.2, -0.15) is 0 Å². The van der Waals surface area contributed by atoms with E-state index >= 15 is 0 Å². The quantitative estimate of drug-likeness (QED) is 0.797. The zero-order valence-electron chi connectivity index (χ0n) is 15.2. The molecule has 1 aromatic carbocycles. The maximum atomic E-state index is 6.17. The molecule has 0 saturated carbocycles. The Morgan fingerprint density at radius 2 is 2.04 bits per heavy atom. The fraction of sp³-hybridized carbons (Fsp3) is 0.684. The molecular formula is C19H33N3O. The second-order valence-corrected chi connectivity index (χ2v) is 6.82. The first-order valence-electron chi connectivity index (χ1n) is 8.95. The van der Waals surface area contributed by atoms with Crippen LogP contribution >= 0.6 is 0 Å². The predicted octanol–water partition coefficient (Wildman–Crippen LogP) is 2.76. The number of hydrogen-bond acceptors (Lipinski definition) is 4. The summed E-state index contributed by atoms with van der Waals surface area (Å²) in [5.41, 5.74) is 1.31. The third-order valence-corrected chi connectivity index (χ3v) is 4.60. The summed E-state index contributed by atoms with van der Waals surface area (Å²) in [6.45, 7) is 9.89. The summed E-state index contributed by atoms with van der Waals surface area (Å²) < 4.78 is 6.17. The molecule has 2 unspecified atom stereocenters. The van der Waals surface area contributed by atoms with Gasteiger partial charge in [-0.1, -0.05) is 19.1 Å². The van der Waals surface area contributed by atoms with Crippen LogP contribution in [0.4, 0.5) is 0 Å². The van der Waals surface area contributed by atoms with Crippen LogP contribution in [0.25, 0.3) is 0 Å². The molecule has 1 fully saturated rings. The van der Waals surface area contributed by atoms with E-state index in [0.717, 1.165) is 31.9 Å². The molecule has 1 heterocycles. The summed E-state index contributed by atoms with van der Waals surface area (Å²) in [5.74, 6) is 0.997. The first kappa shape index (κ1) is 18.2. The lowest BCUT2D eigenvalue weighted by Crippen LogP contribution is -2.40. The van der Waals surface area contributed by atoms with Crippen molar-refractivity contribution in [3.8, 4) is 5.75 Å². The number of benzene rings is 1. The van der Waals surface area contributed by atoms with Gasteiger partial charge in [-0.05, 0) is 64.6 Å². The van der Waals surface area contributed by atoms with E-state index in [1.54, 1.807) is 0 Å². The Hall–Kier alpha value is -1.10. The van der Waals surface area contributed by atoms with Gasteiger partial charge in [0.2, 0.25) is 0 Å². The molecule has 0 spiro atoms. The van der Waals surface area contributed by atoms with Crippen LogP contribution in [-0.4, -0.2) is 62.7 Å². The molecule has 0 aliphatic carbocycles. The Morgan fingerprint density at radius 3 is 2.70 bits per heavy atom. The van der Waals surface area contributed by atoms with E-state index < -0.39 is 0 Å². The Labute approximate surface area is 141 Å². The molecule has 1 saturated heterocycles. The average molecular weight is 319 g/mol. The summed E-state index contributed by atoms with van der Waals surface area (Å²) in [5, 5.41) is 3.56. The van der Waals surface area contributed by atoms with E-state index in [1.807, 2.05) is 0 Å². The Morgan fingerprint density at radius 1 is 1.30 bits per heavy atom. The third kappa shape index (κ3) is 6.13. The van der Waals surface area contributed by atoms with Gasteiger partial charge in [-0.15, -0.1) is 0 Å². The predicted molar refractivity (Wildman–Crippen MR) is 97.2 cm³/mol. The van der Waals surface area contributed by atoms with E-state index in [2.05, 4.69) is 67.3 Å². The lowest BCUT2D eigenvalue weighted by atomic mass is 10.1. The molecule has 1 aromatic rings. The standard InChI is InChI=1S/C19H33N3O/c1-5-22-13-6-7-19(15-22)23-18-10-8-17(9-11-18)16(2)20-12-14-21(3)4/h8-11,16,19-20H,5-7,12-15H2,1-4H3. The summed E-state index contributed by atoms with van der Waals surface area (Å²) in [4.78, 5) is 4.67. The van der Waals surface area contributed by atoms with E-state index in [1.165, 1.54) is 24.9 Å². The third-order valence-electron chi connectivity index (χ3n) is 4.60. The molecule has 130 valence electrons. The minimum atomic E-state index is 0.338. The van der Waals surface area contributed by atoms with Crippen molar-refractivity contribution < 1.29 is 4.74 Å². The van der Waals surface area contributed by atoms with E-state index in [0.29, 0.717) is 12.1 Å². The van der Waals surface area contributed by atoms with Gasteiger partial charge in [0.05, 0.1) is 0 Å². The maximum Gasteiger partial charge on any atom is 0.119 e. The summed E-state index contributed by atoms with van der Waals surface area (Å²) in [6.07, 6.45) is 2.75. The molecule has 2 rings (SSSR count). The average Bonchev–Trinajstić information content (AvgIpc) is 2.55. The largest absolute Gasteiger partial charge is 0.489 e. The number of hydrogen-bond donors (Lipinski definition) is 1. The van der Waals surface area contributed by atoms with Crippen LogP contribution in [0.5, 0.6) is 5.75 Å². The van der Waals surface area contributed by atoms with Crippen molar-refractivity contribution in [1.29, 1.82) is 0 Å². The number of nitrogens with one attached hydrogen (secondary N) is 1. The van der Waals surface area contributed by atoms with Crippen molar-refractivity contribution in [2.75, 3.05) is 46.8 Å². The van der Waals surface area contributed by atoms with Crippen LogP contribution in [0.2, 0.25) is 0 Å². The summed E-state index contributed by atoms with van der Waals surface area (Å²) >= 11 is 0. The number of nitrogens with zero attached hydrogens (tertiary/aromatic N) is 2. The van der Waals surface area contributed by atoms with Gasteiger partial charge in [-0.25, -0.2) is 0 Å². The van der Waals surface area contributed by atoms with Crippen molar-refractivity contribution in [1.82, 2.24) is 15.1 Å². The topological polar surface area (TPSA) is 27.7 Å². The van der Waals surface area contributed by atoms with Gasteiger partial charge in [-0.3, -0.25) is 4.90 Å². The molecule has 0 bridgehead atoms. The molecule has 0 aromatic heterocycles. The number of piperidine rings is 1. The molecule has 4 nitrogen and oxygen atoms in total. The van der Waals surface area contributed by atoms with Crippen molar-refractivity contribution in [2.24, 2.45) is 0 Å². The summed E-state index contributed by atoms with van der Waals surface area (Å²) in [6, 6.07) is 8.97. The molecule has 4 heteroatoms. The lowest BCUT2D eigenvalue weighted by molar-refractivity contribution is 0.0919. The van der Waals surface area contributed by atoms with Gasteiger partial charge in [0, 0.05) is 25.7 Å². The fourth-order valence-corrected chi connectivity index (χ4v) is 3.05. The van der Waals surface area contributed by atoms with Gasteiger partial charge in [0.1, 0.15) is 11.9 Å². The number of rotatable bonds is 8. The first-order chi connectivity index (χ1) is 11.1. The highest BCUT2D eigenvalue weighted by Crippen LogP contribution is 2.21. The molecular weight excluding hydrogens is 286 g/mol. The second kappa shape index (κ2) is 9.26.